The van der Waals surface area contributed by atoms with E-state index in [1.165, 1.54) is 0 Å². The third-order valence-electron chi connectivity index (χ3n) is 3.39. The number of hydrogen-bond donors (Lipinski definition) is 2. The van der Waals surface area contributed by atoms with E-state index in [1.54, 1.807) is 0 Å². The van der Waals surface area contributed by atoms with Crippen molar-refractivity contribution in [1.29, 1.82) is 0 Å². The first-order chi connectivity index (χ1) is 7.27. The molecule has 2 fully saturated rings. The molecular formula is C11H20N2O2. The third kappa shape index (κ3) is 2.69. The number of ether oxygens (including phenoxy) is 1. The summed E-state index contributed by atoms with van der Waals surface area (Å²) in [4.78, 5) is 11.8. The summed E-state index contributed by atoms with van der Waals surface area (Å²) in [7, 11) is 0. The number of carbonyl (C=O) groups is 1. The molecule has 4 heteroatoms. The predicted octanol–water partition coefficient (Wildman–Crippen LogP) is 0.280. The molecule has 4 nitrogen and oxygen atoms in total. The minimum absolute atomic E-state index is 0.145. The van der Waals surface area contributed by atoms with Crippen LogP contribution in [-0.2, 0) is 9.53 Å². The molecule has 2 saturated heterocycles. The van der Waals surface area contributed by atoms with Crippen LogP contribution in [0.2, 0.25) is 0 Å². The van der Waals surface area contributed by atoms with E-state index in [0.29, 0.717) is 12.6 Å². The van der Waals surface area contributed by atoms with Gasteiger partial charge in [-0.3, -0.25) is 4.79 Å². The number of amides is 1. The fraction of sp³-hybridized carbons (Fsp3) is 0.909. The standard InChI is InChI=1S/C11H20N2O2/c1-8-10(4-5-12-8)11(14)13-7-9-3-2-6-15-9/h8-10,12H,2-7H2,1H3,(H,13,14). The predicted molar refractivity (Wildman–Crippen MR) is 57.6 cm³/mol. The summed E-state index contributed by atoms with van der Waals surface area (Å²) in [5.41, 5.74) is 0. The Hall–Kier alpha value is -0.610. The van der Waals surface area contributed by atoms with Gasteiger partial charge in [-0.15, -0.1) is 0 Å². The van der Waals surface area contributed by atoms with Gasteiger partial charge in [0.15, 0.2) is 0 Å². The van der Waals surface area contributed by atoms with Crippen molar-refractivity contribution in [2.45, 2.75) is 38.3 Å². The first-order valence-electron chi connectivity index (χ1n) is 5.90. The van der Waals surface area contributed by atoms with Crippen molar-refractivity contribution in [3.05, 3.63) is 0 Å². The Kier molecular flexibility index (Phi) is 3.59. The molecule has 2 heterocycles. The van der Waals surface area contributed by atoms with Gasteiger partial charge in [0.05, 0.1) is 12.0 Å². The molecule has 0 radical (unpaired) electrons. The van der Waals surface area contributed by atoms with E-state index in [4.69, 9.17) is 4.74 Å². The molecule has 0 spiro atoms. The lowest BCUT2D eigenvalue weighted by molar-refractivity contribution is -0.125. The smallest absolute Gasteiger partial charge is 0.224 e. The highest BCUT2D eigenvalue weighted by Crippen LogP contribution is 2.16. The molecular weight excluding hydrogens is 192 g/mol. The van der Waals surface area contributed by atoms with Crippen LogP contribution in [-0.4, -0.2) is 37.7 Å². The van der Waals surface area contributed by atoms with Crippen LogP contribution in [0.1, 0.15) is 26.2 Å². The highest BCUT2D eigenvalue weighted by Gasteiger charge is 2.29. The van der Waals surface area contributed by atoms with Gasteiger partial charge in [-0.25, -0.2) is 0 Å². The molecule has 2 rings (SSSR count). The van der Waals surface area contributed by atoms with E-state index < -0.39 is 0 Å². The van der Waals surface area contributed by atoms with Crippen LogP contribution in [0, 0.1) is 5.92 Å². The van der Waals surface area contributed by atoms with E-state index in [1.807, 2.05) is 0 Å². The molecule has 2 N–H and O–H groups in total. The molecule has 2 aliphatic rings. The minimum Gasteiger partial charge on any atom is -0.376 e. The minimum atomic E-state index is 0.145. The van der Waals surface area contributed by atoms with Gasteiger partial charge >= 0.3 is 0 Å². The van der Waals surface area contributed by atoms with Crippen LogP contribution in [0.4, 0.5) is 0 Å². The largest absolute Gasteiger partial charge is 0.376 e. The first kappa shape index (κ1) is 10.9. The lowest BCUT2D eigenvalue weighted by Gasteiger charge is -2.16. The second kappa shape index (κ2) is 4.94. The van der Waals surface area contributed by atoms with Gasteiger partial charge in [0, 0.05) is 19.2 Å². The maximum atomic E-state index is 11.8. The van der Waals surface area contributed by atoms with E-state index in [0.717, 1.165) is 32.4 Å². The summed E-state index contributed by atoms with van der Waals surface area (Å²) >= 11 is 0. The van der Waals surface area contributed by atoms with Crippen molar-refractivity contribution in [1.82, 2.24) is 10.6 Å². The number of hydrogen-bond acceptors (Lipinski definition) is 3. The molecule has 1 amide bonds. The summed E-state index contributed by atoms with van der Waals surface area (Å²) < 4.78 is 5.46. The molecule has 0 bridgehead atoms. The average Bonchev–Trinajstić information content (AvgIpc) is 2.84. The second-order valence-corrected chi connectivity index (χ2v) is 4.52. The Balaban J connectivity index is 1.71. The van der Waals surface area contributed by atoms with Gasteiger partial charge in [-0.2, -0.15) is 0 Å². The summed E-state index contributed by atoms with van der Waals surface area (Å²) in [5, 5.41) is 6.28. The maximum Gasteiger partial charge on any atom is 0.224 e. The molecule has 86 valence electrons. The van der Waals surface area contributed by atoms with Crippen molar-refractivity contribution < 1.29 is 9.53 Å². The average molecular weight is 212 g/mol. The fourth-order valence-corrected chi connectivity index (χ4v) is 2.37. The van der Waals surface area contributed by atoms with Gasteiger partial charge in [-0.05, 0) is 32.7 Å². The lowest BCUT2D eigenvalue weighted by Crippen LogP contribution is -2.39. The molecule has 3 unspecified atom stereocenters. The molecule has 15 heavy (non-hydrogen) atoms. The van der Waals surface area contributed by atoms with Crippen LogP contribution >= 0.6 is 0 Å². The second-order valence-electron chi connectivity index (χ2n) is 4.52. The van der Waals surface area contributed by atoms with Gasteiger partial charge < -0.3 is 15.4 Å². The Morgan fingerprint density at radius 1 is 1.53 bits per heavy atom. The summed E-state index contributed by atoms with van der Waals surface area (Å²) in [6.45, 7) is 4.56. The normalized spacial score (nSPS) is 35.7. The Labute approximate surface area is 90.8 Å². The lowest BCUT2D eigenvalue weighted by atomic mass is 10.0. The van der Waals surface area contributed by atoms with Gasteiger partial charge in [0.25, 0.3) is 0 Å². The molecule has 0 aliphatic carbocycles. The van der Waals surface area contributed by atoms with Crippen molar-refractivity contribution in [3.63, 3.8) is 0 Å². The summed E-state index contributed by atoms with van der Waals surface area (Å²) in [5.74, 6) is 0.328. The number of rotatable bonds is 3. The zero-order valence-electron chi connectivity index (χ0n) is 9.29. The quantitative estimate of drug-likeness (QED) is 0.706. The van der Waals surface area contributed by atoms with Crippen molar-refractivity contribution in [2.24, 2.45) is 5.92 Å². The van der Waals surface area contributed by atoms with Crippen molar-refractivity contribution in [2.75, 3.05) is 19.7 Å². The number of carbonyl (C=O) groups excluding carboxylic acids is 1. The zero-order chi connectivity index (χ0) is 10.7. The van der Waals surface area contributed by atoms with Crippen LogP contribution in [0.5, 0.6) is 0 Å². The third-order valence-corrected chi connectivity index (χ3v) is 3.39. The number of nitrogens with one attached hydrogen (secondary N) is 2. The first-order valence-corrected chi connectivity index (χ1v) is 5.90. The molecule has 3 atom stereocenters. The summed E-state index contributed by atoms with van der Waals surface area (Å²) in [6, 6.07) is 0.314. The Bertz CT molecular complexity index is 227. The van der Waals surface area contributed by atoms with Crippen LogP contribution in [0.15, 0.2) is 0 Å². The monoisotopic (exact) mass is 212 g/mol. The Morgan fingerprint density at radius 3 is 3.00 bits per heavy atom. The van der Waals surface area contributed by atoms with Gasteiger partial charge in [0.1, 0.15) is 0 Å². The summed E-state index contributed by atoms with van der Waals surface area (Å²) in [6.07, 6.45) is 3.41. The van der Waals surface area contributed by atoms with E-state index in [2.05, 4.69) is 17.6 Å². The van der Waals surface area contributed by atoms with E-state index >= 15 is 0 Å². The van der Waals surface area contributed by atoms with Crippen LogP contribution < -0.4 is 10.6 Å². The topological polar surface area (TPSA) is 50.4 Å². The highest BCUT2D eigenvalue weighted by molar-refractivity contribution is 5.79. The van der Waals surface area contributed by atoms with Crippen LogP contribution in [0.25, 0.3) is 0 Å². The molecule has 0 aromatic carbocycles. The molecule has 0 aromatic rings. The van der Waals surface area contributed by atoms with Crippen LogP contribution in [0.3, 0.4) is 0 Å². The van der Waals surface area contributed by atoms with Gasteiger partial charge in [0.2, 0.25) is 5.91 Å². The van der Waals surface area contributed by atoms with E-state index in [9.17, 15) is 4.79 Å². The van der Waals surface area contributed by atoms with Gasteiger partial charge in [-0.1, -0.05) is 0 Å². The van der Waals surface area contributed by atoms with Crippen molar-refractivity contribution >= 4 is 5.91 Å². The molecule has 2 aliphatic heterocycles. The fourth-order valence-electron chi connectivity index (χ4n) is 2.37. The van der Waals surface area contributed by atoms with Crippen molar-refractivity contribution in [3.8, 4) is 0 Å². The molecule has 0 saturated carbocycles. The molecule has 0 aromatic heterocycles. The maximum absolute atomic E-state index is 11.8. The Morgan fingerprint density at radius 2 is 2.40 bits per heavy atom. The van der Waals surface area contributed by atoms with E-state index in [-0.39, 0.29) is 17.9 Å². The highest BCUT2D eigenvalue weighted by atomic mass is 16.5. The zero-order valence-corrected chi connectivity index (χ0v) is 9.29. The SMILES string of the molecule is CC1NCCC1C(=O)NCC1CCCO1.